The molecular weight excluding hydrogens is 318 g/mol. The van der Waals surface area contributed by atoms with Gasteiger partial charge >= 0.3 is 0 Å². The van der Waals surface area contributed by atoms with Crippen LogP contribution in [0.15, 0.2) is 6.07 Å². The minimum atomic E-state index is 0.136. The highest BCUT2D eigenvalue weighted by Gasteiger charge is 2.24. The van der Waals surface area contributed by atoms with Gasteiger partial charge < -0.3 is 9.64 Å². The molecule has 0 radical (unpaired) electrons. The molecule has 0 saturated carbocycles. The van der Waals surface area contributed by atoms with Crippen LogP contribution in [0.3, 0.4) is 0 Å². The van der Waals surface area contributed by atoms with Crippen molar-refractivity contribution in [3.05, 3.63) is 11.8 Å². The summed E-state index contributed by atoms with van der Waals surface area (Å²) in [6.45, 7) is 7.08. The Hall–Kier alpha value is -0.840. The van der Waals surface area contributed by atoms with E-state index in [1.165, 1.54) is 19.3 Å². The van der Waals surface area contributed by atoms with Crippen LogP contribution in [0.1, 0.15) is 45.2 Å². The Morgan fingerprint density at radius 3 is 2.90 bits per heavy atom. The lowest BCUT2D eigenvalue weighted by atomic mass is 10.0. The number of aromatic nitrogens is 2. The van der Waals surface area contributed by atoms with Gasteiger partial charge in [0.05, 0.1) is 6.10 Å². The summed E-state index contributed by atoms with van der Waals surface area (Å²) in [5.74, 6) is 1.51. The van der Waals surface area contributed by atoms with Gasteiger partial charge in [-0.2, -0.15) is 4.98 Å². The molecule has 20 heavy (non-hydrogen) atoms. The number of anilines is 1. The summed E-state index contributed by atoms with van der Waals surface area (Å²) >= 11 is 3.55. The van der Waals surface area contributed by atoms with Crippen molar-refractivity contribution < 1.29 is 4.74 Å². The maximum atomic E-state index is 5.73. The van der Waals surface area contributed by atoms with Gasteiger partial charge in [0.15, 0.2) is 0 Å². The van der Waals surface area contributed by atoms with E-state index in [1.807, 2.05) is 26.8 Å². The number of halogens is 1. The first-order chi connectivity index (χ1) is 9.60. The van der Waals surface area contributed by atoms with Crippen LogP contribution < -0.4 is 9.64 Å². The Labute approximate surface area is 130 Å². The van der Waals surface area contributed by atoms with Crippen LogP contribution in [-0.4, -0.2) is 34.0 Å². The lowest BCUT2D eigenvalue weighted by molar-refractivity contribution is 0.232. The molecule has 0 N–H and O–H groups in total. The monoisotopic (exact) mass is 341 g/mol. The third-order valence-corrected chi connectivity index (χ3v) is 3.96. The first-order valence-electron chi connectivity index (χ1n) is 7.45. The second-order valence-electron chi connectivity index (χ2n) is 5.63. The van der Waals surface area contributed by atoms with E-state index >= 15 is 0 Å². The van der Waals surface area contributed by atoms with Gasteiger partial charge in [-0.05, 0) is 46.5 Å². The summed E-state index contributed by atoms with van der Waals surface area (Å²) in [5, 5.41) is 1.02. The van der Waals surface area contributed by atoms with Crippen LogP contribution in [0, 0.1) is 6.92 Å². The molecule has 4 nitrogen and oxygen atoms in total. The number of ether oxygens (including phenoxy) is 1. The zero-order valence-electron chi connectivity index (χ0n) is 12.6. The highest BCUT2D eigenvalue weighted by molar-refractivity contribution is 9.09. The highest BCUT2D eigenvalue weighted by atomic mass is 79.9. The molecule has 2 heterocycles. The molecule has 0 spiro atoms. The zero-order valence-corrected chi connectivity index (χ0v) is 14.2. The number of hydrogen-bond donors (Lipinski definition) is 0. The first kappa shape index (κ1) is 15.5. The fourth-order valence-corrected chi connectivity index (χ4v) is 3.17. The minimum Gasteiger partial charge on any atom is -0.475 e. The van der Waals surface area contributed by atoms with E-state index in [-0.39, 0.29) is 6.10 Å². The molecule has 1 atom stereocenters. The Morgan fingerprint density at radius 1 is 1.40 bits per heavy atom. The number of hydrogen-bond acceptors (Lipinski definition) is 4. The number of rotatable bonds is 5. The van der Waals surface area contributed by atoms with E-state index in [0.29, 0.717) is 11.9 Å². The van der Waals surface area contributed by atoms with Gasteiger partial charge in [0.25, 0.3) is 0 Å². The average molecular weight is 342 g/mol. The number of nitrogens with zero attached hydrogens (tertiary/aromatic N) is 3. The molecule has 2 rings (SSSR count). The van der Waals surface area contributed by atoms with E-state index in [9.17, 15) is 0 Å². The molecule has 1 aliphatic heterocycles. The van der Waals surface area contributed by atoms with Crippen molar-refractivity contribution >= 4 is 21.9 Å². The highest BCUT2D eigenvalue weighted by Crippen LogP contribution is 2.26. The van der Waals surface area contributed by atoms with Crippen molar-refractivity contribution in [2.24, 2.45) is 0 Å². The normalized spacial score (nSPS) is 19.4. The lowest BCUT2D eigenvalue weighted by Gasteiger charge is -2.35. The summed E-state index contributed by atoms with van der Waals surface area (Å²) < 4.78 is 5.73. The zero-order chi connectivity index (χ0) is 14.5. The van der Waals surface area contributed by atoms with E-state index in [4.69, 9.17) is 4.74 Å². The molecule has 0 aromatic carbocycles. The third-order valence-electron chi connectivity index (χ3n) is 3.50. The minimum absolute atomic E-state index is 0.136. The topological polar surface area (TPSA) is 38.2 Å². The van der Waals surface area contributed by atoms with Gasteiger partial charge in [0.1, 0.15) is 0 Å². The first-order valence-corrected chi connectivity index (χ1v) is 8.57. The Balaban J connectivity index is 2.22. The van der Waals surface area contributed by atoms with Crippen LogP contribution in [0.4, 0.5) is 5.95 Å². The molecule has 1 aliphatic rings. The predicted octanol–water partition coefficient (Wildman–Crippen LogP) is 3.72. The quantitative estimate of drug-likeness (QED) is 0.765. The summed E-state index contributed by atoms with van der Waals surface area (Å²) in [5.41, 5.74) is 0.966. The summed E-state index contributed by atoms with van der Waals surface area (Å²) in [6.07, 6.45) is 5.02. The molecule has 1 aromatic heterocycles. The Morgan fingerprint density at radius 2 is 2.20 bits per heavy atom. The SMILES string of the molecule is Cc1cc(OC(C)C)nc(N2CCCCC2CCBr)n1. The summed E-state index contributed by atoms with van der Waals surface area (Å²) in [6, 6.07) is 2.45. The van der Waals surface area contributed by atoms with Crippen molar-refractivity contribution in [1.82, 2.24) is 9.97 Å². The van der Waals surface area contributed by atoms with Crippen molar-refractivity contribution in [2.45, 2.75) is 58.6 Å². The second kappa shape index (κ2) is 7.25. The molecule has 5 heteroatoms. The molecule has 0 amide bonds. The van der Waals surface area contributed by atoms with Gasteiger partial charge in [0.2, 0.25) is 11.8 Å². The van der Waals surface area contributed by atoms with E-state index in [0.717, 1.165) is 29.9 Å². The molecule has 1 saturated heterocycles. The molecular formula is C15H24BrN3O. The van der Waals surface area contributed by atoms with Crippen LogP contribution in [0.5, 0.6) is 5.88 Å². The Bertz CT molecular complexity index is 437. The molecule has 112 valence electrons. The maximum absolute atomic E-state index is 5.73. The van der Waals surface area contributed by atoms with E-state index in [2.05, 4.69) is 30.8 Å². The molecule has 0 bridgehead atoms. The summed E-state index contributed by atoms with van der Waals surface area (Å²) in [7, 11) is 0. The van der Waals surface area contributed by atoms with Crippen LogP contribution in [-0.2, 0) is 0 Å². The largest absolute Gasteiger partial charge is 0.475 e. The lowest BCUT2D eigenvalue weighted by Crippen LogP contribution is -2.41. The van der Waals surface area contributed by atoms with Crippen molar-refractivity contribution in [2.75, 3.05) is 16.8 Å². The molecule has 1 unspecified atom stereocenters. The second-order valence-corrected chi connectivity index (χ2v) is 6.43. The van der Waals surface area contributed by atoms with Crippen molar-refractivity contribution in [1.29, 1.82) is 0 Å². The van der Waals surface area contributed by atoms with Crippen LogP contribution in [0.25, 0.3) is 0 Å². The average Bonchev–Trinajstić information content (AvgIpc) is 2.38. The van der Waals surface area contributed by atoms with Crippen LogP contribution in [0.2, 0.25) is 0 Å². The summed E-state index contributed by atoms with van der Waals surface area (Å²) in [4.78, 5) is 11.6. The number of aryl methyl sites for hydroxylation is 1. The third kappa shape index (κ3) is 4.08. The fraction of sp³-hybridized carbons (Fsp3) is 0.733. The maximum Gasteiger partial charge on any atom is 0.229 e. The predicted molar refractivity (Wildman–Crippen MR) is 85.9 cm³/mol. The number of alkyl halides is 1. The van der Waals surface area contributed by atoms with Gasteiger partial charge in [-0.25, -0.2) is 4.98 Å². The molecule has 0 aliphatic carbocycles. The van der Waals surface area contributed by atoms with Gasteiger partial charge in [-0.3, -0.25) is 0 Å². The van der Waals surface area contributed by atoms with Gasteiger partial charge in [0, 0.05) is 29.7 Å². The molecule has 1 fully saturated rings. The van der Waals surface area contributed by atoms with Gasteiger partial charge in [-0.1, -0.05) is 15.9 Å². The number of piperidine rings is 1. The molecule has 1 aromatic rings. The van der Waals surface area contributed by atoms with E-state index in [1.54, 1.807) is 0 Å². The Kier molecular flexibility index (Phi) is 5.64. The smallest absolute Gasteiger partial charge is 0.229 e. The van der Waals surface area contributed by atoms with Crippen molar-refractivity contribution in [3.8, 4) is 5.88 Å². The van der Waals surface area contributed by atoms with E-state index < -0.39 is 0 Å². The standard InChI is InChI=1S/C15H24BrN3O/c1-11(2)20-14-10-12(3)17-15(18-14)19-9-5-4-6-13(19)7-8-16/h10-11,13H,4-9H2,1-3H3. The van der Waals surface area contributed by atoms with Crippen LogP contribution >= 0.6 is 15.9 Å². The van der Waals surface area contributed by atoms with Crippen molar-refractivity contribution in [3.63, 3.8) is 0 Å². The van der Waals surface area contributed by atoms with Gasteiger partial charge in [-0.15, -0.1) is 0 Å². The fourth-order valence-electron chi connectivity index (χ4n) is 2.64.